The van der Waals surface area contributed by atoms with Crippen molar-refractivity contribution in [3.63, 3.8) is 0 Å². The van der Waals surface area contributed by atoms with Gasteiger partial charge in [-0.25, -0.2) is 9.59 Å². The molecular weight excluding hydrogens is 673 g/mol. The van der Waals surface area contributed by atoms with Gasteiger partial charge in [0.05, 0.1) is 22.3 Å². The molecule has 1 N–H and O–H groups in total. The van der Waals surface area contributed by atoms with Gasteiger partial charge in [-0.1, -0.05) is 133 Å². The fourth-order valence-corrected chi connectivity index (χ4v) is 7.50. The highest BCUT2D eigenvalue weighted by molar-refractivity contribution is 8.00. The topological polar surface area (TPSA) is 99.1 Å². The first-order chi connectivity index (χ1) is 25.4. The molecule has 0 saturated carbocycles. The summed E-state index contributed by atoms with van der Waals surface area (Å²) in [5.41, 5.74) is 5.38. The van der Waals surface area contributed by atoms with E-state index in [-0.39, 0.29) is 6.61 Å². The Balaban J connectivity index is 1.05. The minimum absolute atomic E-state index is 0.188. The Morgan fingerprint density at radius 1 is 0.596 bits per heavy atom. The second-order valence-corrected chi connectivity index (χ2v) is 13.9. The Bertz CT molecular complexity index is 2060. The molecule has 2 aliphatic rings. The predicted molar refractivity (Wildman–Crippen MR) is 202 cm³/mol. The van der Waals surface area contributed by atoms with Gasteiger partial charge < -0.3 is 19.3 Å². The van der Waals surface area contributed by atoms with E-state index < -0.39 is 46.7 Å². The van der Waals surface area contributed by atoms with Gasteiger partial charge in [-0.3, -0.25) is 4.79 Å². The van der Waals surface area contributed by atoms with Crippen LogP contribution in [0.4, 0.5) is 0 Å². The van der Waals surface area contributed by atoms with Crippen LogP contribution in [-0.2, 0) is 19.0 Å². The highest BCUT2D eigenvalue weighted by atomic mass is 32.2. The zero-order valence-electron chi connectivity index (χ0n) is 28.1. The van der Waals surface area contributed by atoms with E-state index >= 15 is 0 Å². The summed E-state index contributed by atoms with van der Waals surface area (Å²) in [5.74, 6) is -2.35. The van der Waals surface area contributed by atoms with E-state index in [0.717, 1.165) is 45.2 Å². The molecule has 52 heavy (non-hydrogen) atoms. The van der Waals surface area contributed by atoms with Crippen molar-refractivity contribution < 1.29 is 33.7 Å². The van der Waals surface area contributed by atoms with Crippen LogP contribution in [0.25, 0.3) is 27.8 Å². The number of aliphatic hydroxyl groups is 1. The molecule has 0 bridgehead atoms. The van der Waals surface area contributed by atoms with Crippen LogP contribution in [0.1, 0.15) is 32.7 Å². The molecule has 1 aliphatic carbocycles. The number of carbonyl (C=O) groups is 3. The van der Waals surface area contributed by atoms with Crippen LogP contribution in [-0.4, -0.2) is 52.5 Å². The van der Waals surface area contributed by atoms with Crippen molar-refractivity contribution in [1.82, 2.24) is 0 Å². The number of ether oxygens (including phenoxy) is 3. The maximum absolute atomic E-state index is 13.5. The molecule has 0 spiro atoms. The summed E-state index contributed by atoms with van der Waals surface area (Å²) >= 11 is 1.04. The molecule has 1 aliphatic heterocycles. The summed E-state index contributed by atoms with van der Waals surface area (Å²) in [7, 11) is 0. The summed E-state index contributed by atoms with van der Waals surface area (Å²) < 4.78 is 17.6. The molecule has 5 atom stereocenters. The molecule has 7 nitrogen and oxygen atoms in total. The lowest BCUT2D eigenvalue weighted by atomic mass is 9.93. The van der Waals surface area contributed by atoms with Crippen molar-refractivity contribution in [2.24, 2.45) is 5.92 Å². The monoisotopic (exact) mass is 708 g/mol. The number of carbonyl (C=O) groups excluding carboxylic acids is 3. The first-order valence-electron chi connectivity index (χ1n) is 17.1. The predicted octanol–water partition coefficient (Wildman–Crippen LogP) is 8.41. The SMILES string of the molecule is O=C(OC[C@@H]1SC(O)[C@H](OC(=O)C2C=CC(c3ccccc3)=CC2)[C@H]1OC(=O)c1ccc(-c2ccccc2)cc1)c1ccc(-c2ccccc2)cc1. The van der Waals surface area contributed by atoms with Crippen molar-refractivity contribution in [2.75, 3.05) is 6.61 Å². The van der Waals surface area contributed by atoms with Crippen LogP contribution in [0, 0.1) is 5.92 Å². The second kappa shape index (κ2) is 16.1. The fraction of sp³-hybridized carbons (Fsp3) is 0.159. The molecule has 1 fully saturated rings. The minimum Gasteiger partial charge on any atom is -0.461 e. The summed E-state index contributed by atoms with van der Waals surface area (Å²) in [5, 5.41) is 10.4. The number of thioether (sulfide) groups is 1. The van der Waals surface area contributed by atoms with Gasteiger partial charge in [0.15, 0.2) is 12.2 Å². The average Bonchev–Trinajstić information content (AvgIpc) is 3.50. The van der Waals surface area contributed by atoms with E-state index in [4.69, 9.17) is 14.2 Å². The molecule has 1 saturated heterocycles. The lowest BCUT2D eigenvalue weighted by Gasteiger charge is -2.26. The van der Waals surface area contributed by atoms with Crippen LogP contribution in [0.15, 0.2) is 158 Å². The molecule has 1 heterocycles. The fourth-order valence-electron chi connectivity index (χ4n) is 6.26. The minimum atomic E-state index is -1.22. The van der Waals surface area contributed by atoms with Gasteiger partial charge in [-0.15, -0.1) is 11.8 Å². The van der Waals surface area contributed by atoms with Crippen LogP contribution in [0.2, 0.25) is 0 Å². The molecule has 2 unspecified atom stereocenters. The zero-order valence-corrected chi connectivity index (χ0v) is 28.9. The molecule has 5 aromatic carbocycles. The van der Waals surface area contributed by atoms with Gasteiger partial charge in [0, 0.05) is 0 Å². The van der Waals surface area contributed by atoms with E-state index in [1.54, 1.807) is 30.3 Å². The van der Waals surface area contributed by atoms with Crippen LogP contribution in [0.3, 0.4) is 0 Å². The number of esters is 3. The van der Waals surface area contributed by atoms with Gasteiger partial charge in [0.2, 0.25) is 0 Å². The summed E-state index contributed by atoms with van der Waals surface area (Å²) in [6.45, 7) is -0.188. The van der Waals surface area contributed by atoms with Crippen molar-refractivity contribution in [2.45, 2.75) is 29.3 Å². The first kappa shape index (κ1) is 34.7. The Labute approximate surface area is 306 Å². The van der Waals surface area contributed by atoms with E-state index in [1.807, 2.05) is 127 Å². The number of allylic oxidation sites excluding steroid dienone is 3. The van der Waals surface area contributed by atoms with E-state index in [0.29, 0.717) is 17.5 Å². The van der Waals surface area contributed by atoms with Crippen molar-refractivity contribution in [1.29, 1.82) is 0 Å². The third kappa shape index (κ3) is 8.09. The highest BCUT2D eigenvalue weighted by Crippen LogP contribution is 2.39. The smallest absolute Gasteiger partial charge is 0.338 e. The van der Waals surface area contributed by atoms with Crippen LogP contribution in [0.5, 0.6) is 0 Å². The van der Waals surface area contributed by atoms with Crippen LogP contribution >= 0.6 is 11.8 Å². The zero-order chi connectivity index (χ0) is 35.9. The Kier molecular flexibility index (Phi) is 10.8. The molecule has 0 radical (unpaired) electrons. The average molecular weight is 709 g/mol. The number of aliphatic hydroxyl groups excluding tert-OH is 1. The number of rotatable bonds is 10. The Hall–Kier alpha value is -5.70. The molecule has 260 valence electrons. The molecular formula is C44H36O7S. The molecule has 7 rings (SSSR count). The Morgan fingerprint density at radius 3 is 1.62 bits per heavy atom. The van der Waals surface area contributed by atoms with Crippen molar-refractivity contribution >= 4 is 35.2 Å². The number of hydrogen-bond donors (Lipinski definition) is 1. The van der Waals surface area contributed by atoms with Crippen molar-refractivity contribution in [3.05, 3.63) is 174 Å². The van der Waals surface area contributed by atoms with E-state index in [9.17, 15) is 19.5 Å². The molecule has 5 aromatic rings. The van der Waals surface area contributed by atoms with Gasteiger partial charge in [0.1, 0.15) is 12.0 Å². The normalized spacial score (nSPS) is 20.8. The second-order valence-electron chi connectivity index (χ2n) is 12.5. The van der Waals surface area contributed by atoms with Crippen LogP contribution < -0.4 is 0 Å². The van der Waals surface area contributed by atoms with Gasteiger partial charge in [-0.2, -0.15) is 0 Å². The highest BCUT2D eigenvalue weighted by Gasteiger charge is 2.49. The quantitative estimate of drug-likeness (QED) is 0.114. The molecule has 0 amide bonds. The lowest BCUT2D eigenvalue weighted by Crippen LogP contribution is -2.42. The maximum atomic E-state index is 13.5. The molecule has 8 heteroatoms. The lowest BCUT2D eigenvalue weighted by molar-refractivity contribution is -0.162. The Morgan fingerprint density at radius 2 is 1.10 bits per heavy atom. The number of benzene rings is 5. The van der Waals surface area contributed by atoms with E-state index in [1.165, 1.54) is 0 Å². The standard InChI is InChI=1S/C44H36O7S/c45-41(35-22-16-32(17-23-35)29-10-4-1-5-11-29)49-28-38-39(50-42(46)36-24-18-33(19-25-36)30-12-6-2-7-13-30)40(44(48)52-38)51-43(47)37-26-20-34(21-27-37)31-14-8-3-9-15-31/h1-26,37-40,44,48H,27-28H2/t37?,38-,39-,40+,44?/m0/s1. The largest absolute Gasteiger partial charge is 0.461 e. The maximum Gasteiger partial charge on any atom is 0.338 e. The van der Waals surface area contributed by atoms with Gasteiger partial charge in [0.25, 0.3) is 0 Å². The first-order valence-corrected chi connectivity index (χ1v) is 18.0. The van der Waals surface area contributed by atoms with Gasteiger partial charge >= 0.3 is 17.9 Å². The summed E-state index contributed by atoms with van der Waals surface area (Å²) in [6.07, 6.45) is 3.78. The summed E-state index contributed by atoms with van der Waals surface area (Å²) in [4.78, 5) is 40.1. The summed E-state index contributed by atoms with van der Waals surface area (Å²) in [6, 6.07) is 43.5. The van der Waals surface area contributed by atoms with Gasteiger partial charge in [-0.05, 0) is 64.1 Å². The van der Waals surface area contributed by atoms with E-state index in [2.05, 4.69) is 0 Å². The molecule has 0 aromatic heterocycles. The van der Waals surface area contributed by atoms with Crippen molar-refractivity contribution in [3.8, 4) is 22.3 Å². The third-order valence-corrected chi connectivity index (χ3v) is 10.4. The number of hydrogen-bond acceptors (Lipinski definition) is 8. The third-order valence-electron chi connectivity index (χ3n) is 9.12.